The summed E-state index contributed by atoms with van der Waals surface area (Å²) in [6, 6.07) is 7.78. The number of piperidine rings is 1. The van der Waals surface area contributed by atoms with E-state index >= 15 is 0 Å². The van der Waals surface area contributed by atoms with Gasteiger partial charge in [-0.15, -0.1) is 0 Å². The summed E-state index contributed by atoms with van der Waals surface area (Å²) in [6.07, 6.45) is 6.93. The molecule has 1 amide bonds. The number of amides is 1. The van der Waals surface area contributed by atoms with Crippen molar-refractivity contribution in [2.24, 2.45) is 5.92 Å². The molecule has 0 atom stereocenters. The van der Waals surface area contributed by atoms with Gasteiger partial charge >= 0.3 is 0 Å². The van der Waals surface area contributed by atoms with Gasteiger partial charge < -0.3 is 30.3 Å². The molecule has 11 heteroatoms. The Morgan fingerprint density at radius 1 is 0.932 bits per heavy atom. The molecule has 0 unspecified atom stereocenters. The number of hydrogen-bond donors (Lipinski definition) is 3. The molecule has 0 bridgehead atoms. The normalized spacial score (nSPS) is 19.4. The standard InChI is InChI=1S/C33H47N9O2/c1-2-27-20-30-31(38-32(27)43)19-26(21-36-30)24-41-15-17-42(18-16-41)28-3-4-29(37-22-28)33(44)35-9-14-39-10-5-25(6-11-39)23-40-12-7-34-8-13-40/h3-4,19-22,25,34H,2,5-18,23-24H2,1H3,(H,35,44)(H,38,43). The second-order valence-corrected chi connectivity index (χ2v) is 12.5. The molecule has 3 aromatic rings. The lowest BCUT2D eigenvalue weighted by molar-refractivity contribution is 0.0935. The predicted octanol–water partition coefficient (Wildman–Crippen LogP) is 1.55. The van der Waals surface area contributed by atoms with Gasteiger partial charge in [-0.1, -0.05) is 6.92 Å². The van der Waals surface area contributed by atoms with Crippen LogP contribution in [0.4, 0.5) is 5.69 Å². The van der Waals surface area contributed by atoms with Crippen LogP contribution in [0.15, 0.2) is 41.5 Å². The summed E-state index contributed by atoms with van der Waals surface area (Å²) in [6.45, 7) is 16.0. The second kappa shape index (κ2) is 14.6. The zero-order chi connectivity index (χ0) is 30.3. The Balaban J connectivity index is 0.904. The first-order valence-corrected chi connectivity index (χ1v) is 16.4. The number of anilines is 1. The van der Waals surface area contributed by atoms with Gasteiger partial charge in [-0.2, -0.15) is 0 Å². The Morgan fingerprint density at radius 2 is 1.73 bits per heavy atom. The van der Waals surface area contributed by atoms with Crippen molar-refractivity contribution in [3.8, 4) is 0 Å². The Hall–Kier alpha value is -3.38. The van der Waals surface area contributed by atoms with E-state index in [0.717, 1.165) is 99.2 Å². The number of piperazine rings is 2. The van der Waals surface area contributed by atoms with Crippen molar-refractivity contribution in [1.82, 2.24) is 40.3 Å². The lowest BCUT2D eigenvalue weighted by Crippen LogP contribution is -2.47. The number of aromatic amines is 1. The van der Waals surface area contributed by atoms with Gasteiger partial charge in [0.25, 0.3) is 11.5 Å². The van der Waals surface area contributed by atoms with E-state index in [2.05, 4.69) is 45.2 Å². The lowest BCUT2D eigenvalue weighted by atomic mass is 9.96. The molecule has 6 rings (SSSR count). The molecule has 3 fully saturated rings. The largest absolute Gasteiger partial charge is 0.368 e. The highest BCUT2D eigenvalue weighted by Crippen LogP contribution is 2.20. The Morgan fingerprint density at radius 3 is 2.45 bits per heavy atom. The molecule has 3 N–H and O–H groups in total. The zero-order valence-electron chi connectivity index (χ0n) is 26.1. The van der Waals surface area contributed by atoms with Crippen molar-refractivity contribution in [2.45, 2.75) is 32.7 Å². The highest BCUT2D eigenvalue weighted by Gasteiger charge is 2.23. The Bertz CT molecular complexity index is 1440. The van der Waals surface area contributed by atoms with Crippen molar-refractivity contribution >= 4 is 22.6 Å². The van der Waals surface area contributed by atoms with Crippen LogP contribution in [0.1, 0.15) is 41.4 Å². The third-order valence-corrected chi connectivity index (χ3v) is 9.48. The number of rotatable bonds is 10. The van der Waals surface area contributed by atoms with Gasteiger partial charge in [-0.25, -0.2) is 4.98 Å². The van der Waals surface area contributed by atoms with Crippen LogP contribution in [0, 0.1) is 5.92 Å². The zero-order valence-corrected chi connectivity index (χ0v) is 26.1. The smallest absolute Gasteiger partial charge is 0.269 e. The summed E-state index contributed by atoms with van der Waals surface area (Å²) < 4.78 is 0. The van der Waals surface area contributed by atoms with E-state index in [1.54, 1.807) is 0 Å². The summed E-state index contributed by atoms with van der Waals surface area (Å²) in [7, 11) is 0. The Kier molecular flexibility index (Phi) is 10.2. The fourth-order valence-corrected chi connectivity index (χ4v) is 6.72. The van der Waals surface area contributed by atoms with Gasteiger partial charge in [0, 0.05) is 90.3 Å². The molecule has 0 radical (unpaired) electrons. The molecule has 0 spiro atoms. The van der Waals surface area contributed by atoms with Crippen LogP contribution in [-0.2, 0) is 13.0 Å². The summed E-state index contributed by atoms with van der Waals surface area (Å²) in [4.78, 5) is 46.8. The molecule has 44 heavy (non-hydrogen) atoms. The van der Waals surface area contributed by atoms with Crippen molar-refractivity contribution in [3.63, 3.8) is 0 Å². The Labute approximate surface area is 260 Å². The topological polar surface area (TPSA) is 113 Å². The average molecular weight is 602 g/mol. The first-order valence-electron chi connectivity index (χ1n) is 16.4. The summed E-state index contributed by atoms with van der Waals surface area (Å²) in [5, 5.41) is 6.50. The minimum Gasteiger partial charge on any atom is -0.368 e. The van der Waals surface area contributed by atoms with Crippen LogP contribution in [-0.4, -0.2) is 121 Å². The number of H-pyrrole nitrogens is 1. The average Bonchev–Trinajstić information content (AvgIpc) is 3.06. The van der Waals surface area contributed by atoms with Crippen molar-refractivity contribution in [2.75, 3.05) is 90.0 Å². The van der Waals surface area contributed by atoms with Crippen LogP contribution < -0.4 is 21.1 Å². The summed E-state index contributed by atoms with van der Waals surface area (Å²) in [5.41, 5.74) is 4.96. The van der Waals surface area contributed by atoms with Crippen molar-refractivity contribution < 1.29 is 4.79 Å². The molecule has 236 valence electrons. The van der Waals surface area contributed by atoms with Crippen molar-refractivity contribution in [1.29, 1.82) is 0 Å². The molecule has 3 aromatic heterocycles. The maximum Gasteiger partial charge on any atom is 0.269 e. The molecule has 3 aliphatic rings. The predicted molar refractivity (Wildman–Crippen MR) is 174 cm³/mol. The SMILES string of the molecule is CCc1cc2ncc(CN3CCN(c4ccc(C(=O)NCCN5CCC(CN6CCNCC6)CC5)nc4)CC3)cc2[nH]c1=O. The van der Waals surface area contributed by atoms with Crippen LogP contribution in [0.2, 0.25) is 0 Å². The van der Waals surface area contributed by atoms with Crippen LogP contribution >= 0.6 is 0 Å². The number of likely N-dealkylation sites (tertiary alicyclic amines) is 1. The van der Waals surface area contributed by atoms with Gasteiger partial charge in [0.2, 0.25) is 0 Å². The highest BCUT2D eigenvalue weighted by atomic mass is 16.2. The number of fused-ring (bicyclic) bond motifs is 1. The molecule has 6 heterocycles. The number of nitrogens with one attached hydrogen (secondary N) is 3. The third kappa shape index (κ3) is 7.82. The van der Waals surface area contributed by atoms with E-state index < -0.39 is 0 Å². The summed E-state index contributed by atoms with van der Waals surface area (Å²) in [5.74, 6) is 0.694. The number of pyridine rings is 3. The first kappa shape index (κ1) is 30.6. The van der Waals surface area contributed by atoms with E-state index in [1.165, 1.54) is 32.5 Å². The van der Waals surface area contributed by atoms with E-state index in [4.69, 9.17) is 0 Å². The highest BCUT2D eigenvalue weighted by molar-refractivity contribution is 5.92. The van der Waals surface area contributed by atoms with Gasteiger partial charge in [0.1, 0.15) is 5.69 Å². The number of aromatic nitrogens is 3. The van der Waals surface area contributed by atoms with E-state index in [-0.39, 0.29) is 11.5 Å². The van der Waals surface area contributed by atoms with Gasteiger partial charge in [-0.05, 0) is 68.1 Å². The molecule has 11 nitrogen and oxygen atoms in total. The van der Waals surface area contributed by atoms with Crippen molar-refractivity contribution in [3.05, 3.63) is 63.8 Å². The van der Waals surface area contributed by atoms with Crippen LogP contribution in [0.3, 0.4) is 0 Å². The second-order valence-electron chi connectivity index (χ2n) is 12.5. The maximum absolute atomic E-state index is 12.7. The molecular weight excluding hydrogens is 554 g/mol. The lowest BCUT2D eigenvalue weighted by Gasteiger charge is -2.36. The number of hydrogen-bond acceptors (Lipinski definition) is 9. The van der Waals surface area contributed by atoms with Crippen LogP contribution in [0.5, 0.6) is 0 Å². The molecule has 0 aromatic carbocycles. The number of carbonyl (C=O) groups is 1. The fourth-order valence-electron chi connectivity index (χ4n) is 6.72. The molecule has 0 saturated carbocycles. The third-order valence-electron chi connectivity index (χ3n) is 9.48. The number of carbonyl (C=O) groups excluding carboxylic acids is 1. The van der Waals surface area contributed by atoms with E-state index in [0.29, 0.717) is 18.7 Å². The quantitative estimate of drug-likeness (QED) is 0.319. The van der Waals surface area contributed by atoms with Gasteiger partial charge in [0.05, 0.1) is 22.9 Å². The minimum atomic E-state index is -0.105. The molecule has 3 saturated heterocycles. The van der Waals surface area contributed by atoms with E-state index in [1.807, 2.05) is 43.6 Å². The first-order chi connectivity index (χ1) is 21.5. The molecule has 0 aliphatic carbocycles. The maximum atomic E-state index is 12.7. The molecular formula is C33H47N9O2. The minimum absolute atomic E-state index is 0.0305. The number of aryl methyl sites for hydroxylation is 1. The van der Waals surface area contributed by atoms with Gasteiger partial charge in [-0.3, -0.25) is 19.5 Å². The summed E-state index contributed by atoms with van der Waals surface area (Å²) >= 11 is 0. The van der Waals surface area contributed by atoms with E-state index in [9.17, 15) is 9.59 Å². The van der Waals surface area contributed by atoms with Crippen LogP contribution in [0.25, 0.3) is 11.0 Å². The van der Waals surface area contributed by atoms with Gasteiger partial charge in [0.15, 0.2) is 0 Å². The number of nitrogens with zero attached hydrogens (tertiary/aromatic N) is 6. The fraction of sp³-hybridized carbons (Fsp3) is 0.576. The molecule has 3 aliphatic heterocycles. The monoisotopic (exact) mass is 601 g/mol.